The molecule has 0 heterocycles. The van der Waals surface area contributed by atoms with E-state index in [0.717, 1.165) is 0 Å². The van der Waals surface area contributed by atoms with Gasteiger partial charge >= 0.3 is 0 Å². The van der Waals surface area contributed by atoms with Gasteiger partial charge in [0.1, 0.15) is 11.3 Å². The Morgan fingerprint density at radius 2 is 2.13 bits per heavy atom. The van der Waals surface area contributed by atoms with Crippen molar-refractivity contribution in [2.24, 2.45) is 0 Å². The van der Waals surface area contributed by atoms with E-state index in [2.05, 4.69) is 4.72 Å². The molecule has 0 unspecified atom stereocenters. The summed E-state index contributed by atoms with van der Waals surface area (Å²) in [6.07, 6.45) is 0. The Bertz CT molecular complexity index is 508. The fraction of sp³-hybridized carbons (Fsp3) is 0.125. The van der Waals surface area contributed by atoms with Gasteiger partial charge in [-0.3, -0.25) is 4.72 Å². The minimum absolute atomic E-state index is 0.200. The number of alkyl halides is 1. The van der Waals surface area contributed by atoms with E-state index in [4.69, 9.17) is 28.5 Å². The van der Waals surface area contributed by atoms with Crippen LogP contribution in [0.2, 0.25) is 5.02 Å². The van der Waals surface area contributed by atoms with E-state index in [-0.39, 0.29) is 16.3 Å². The van der Waals surface area contributed by atoms with Crippen molar-refractivity contribution in [3.05, 3.63) is 28.8 Å². The van der Waals surface area contributed by atoms with Gasteiger partial charge in [0.05, 0.1) is 10.6 Å². The molecule has 0 bridgehead atoms. The third-order valence-corrected chi connectivity index (χ3v) is 3.53. The van der Waals surface area contributed by atoms with Crippen LogP contribution < -0.4 is 4.72 Å². The summed E-state index contributed by atoms with van der Waals surface area (Å²) in [6.45, 7) is 0. The molecule has 80 valence electrons. The van der Waals surface area contributed by atoms with Crippen LogP contribution in [0.1, 0.15) is 5.56 Å². The van der Waals surface area contributed by atoms with Crippen molar-refractivity contribution in [2.45, 2.75) is 0 Å². The number of rotatable bonds is 3. The van der Waals surface area contributed by atoms with Gasteiger partial charge in [-0.15, -0.1) is 11.6 Å². The Morgan fingerprint density at radius 1 is 1.47 bits per heavy atom. The smallest absolute Gasteiger partial charge is 0.246 e. The Hall–Kier alpha value is -0.960. The average molecular weight is 265 g/mol. The second kappa shape index (κ2) is 4.71. The van der Waals surface area contributed by atoms with E-state index in [1.807, 2.05) is 6.07 Å². The molecular weight excluding hydrogens is 259 g/mol. The molecule has 1 aromatic rings. The summed E-state index contributed by atoms with van der Waals surface area (Å²) < 4.78 is 24.4. The maximum atomic E-state index is 11.1. The Balaban J connectivity index is 3.04. The summed E-state index contributed by atoms with van der Waals surface area (Å²) in [6, 6.07) is 6.07. The first-order chi connectivity index (χ1) is 6.98. The predicted molar refractivity (Wildman–Crippen MR) is 59.4 cm³/mol. The summed E-state index contributed by atoms with van der Waals surface area (Å²) in [5.74, 6) is 0. The second-order valence-corrected chi connectivity index (χ2v) is 5.35. The standard InChI is InChI=1S/C8H6Cl2N2O2S/c9-5-15(13,14)12-7-1-2-8(10)6(3-7)4-11/h1-3,12H,5H2. The van der Waals surface area contributed by atoms with Crippen LogP contribution in [0.4, 0.5) is 5.69 Å². The molecule has 0 radical (unpaired) electrons. The van der Waals surface area contributed by atoms with Crippen LogP contribution in [-0.4, -0.2) is 13.6 Å². The number of halogens is 2. The Morgan fingerprint density at radius 3 is 2.67 bits per heavy atom. The van der Waals surface area contributed by atoms with Gasteiger partial charge in [0.25, 0.3) is 0 Å². The van der Waals surface area contributed by atoms with Crippen molar-refractivity contribution in [3.8, 4) is 6.07 Å². The number of nitrogens with zero attached hydrogens (tertiary/aromatic N) is 1. The molecule has 0 aromatic heterocycles. The van der Waals surface area contributed by atoms with E-state index in [9.17, 15) is 8.42 Å². The molecule has 0 amide bonds. The van der Waals surface area contributed by atoms with Crippen molar-refractivity contribution < 1.29 is 8.42 Å². The van der Waals surface area contributed by atoms with Gasteiger partial charge in [-0.25, -0.2) is 8.42 Å². The zero-order valence-electron chi connectivity index (χ0n) is 7.37. The van der Waals surface area contributed by atoms with Gasteiger partial charge in [0, 0.05) is 5.69 Å². The maximum absolute atomic E-state index is 11.1. The van der Waals surface area contributed by atoms with Gasteiger partial charge in [0.2, 0.25) is 10.0 Å². The number of nitrogens with one attached hydrogen (secondary N) is 1. The molecule has 0 aliphatic rings. The van der Waals surface area contributed by atoms with Gasteiger partial charge in [-0.05, 0) is 18.2 Å². The van der Waals surface area contributed by atoms with Crippen molar-refractivity contribution >= 4 is 38.9 Å². The summed E-state index contributed by atoms with van der Waals surface area (Å²) in [4.78, 5) is 0. The lowest BCUT2D eigenvalue weighted by molar-refractivity contribution is 0.605. The van der Waals surface area contributed by atoms with Gasteiger partial charge in [-0.2, -0.15) is 5.26 Å². The molecule has 0 saturated carbocycles. The quantitative estimate of drug-likeness (QED) is 0.851. The number of anilines is 1. The highest BCUT2D eigenvalue weighted by molar-refractivity contribution is 7.93. The van der Waals surface area contributed by atoms with Gasteiger partial charge in [-0.1, -0.05) is 11.6 Å². The van der Waals surface area contributed by atoms with Crippen molar-refractivity contribution in [3.63, 3.8) is 0 Å². The molecule has 0 saturated heterocycles. The predicted octanol–water partition coefficient (Wildman–Crippen LogP) is 2.15. The van der Waals surface area contributed by atoms with Crippen molar-refractivity contribution in [1.29, 1.82) is 5.26 Å². The van der Waals surface area contributed by atoms with E-state index < -0.39 is 15.2 Å². The summed E-state index contributed by atoms with van der Waals surface area (Å²) in [5, 5.41) is 8.39. The fourth-order valence-corrected chi connectivity index (χ4v) is 1.75. The van der Waals surface area contributed by atoms with Crippen molar-refractivity contribution in [2.75, 3.05) is 9.93 Å². The summed E-state index contributed by atoms with van der Waals surface area (Å²) in [5.41, 5.74) is 0.461. The first-order valence-electron chi connectivity index (χ1n) is 3.74. The normalized spacial score (nSPS) is 10.7. The monoisotopic (exact) mass is 264 g/mol. The lowest BCUT2D eigenvalue weighted by Crippen LogP contribution is -2.13. The molecule has 0 spiro atoms. The molecule has 0 aliphatic heterocycles. The molecule has 1 N–H and O–H groups in total. The zero-order valence-corrected chi connectivity index (χ0v) is 9.70. The molecule has 0 fully saturated rings. The average Bonchev–Trinajstić information content (AvgIpc) is 2.20. The van der Waals surface area contributed by atoms with Crippen LogP contribution in [0.15, 0.2) is 18.2 Å². The summed E-state index contributed by atoms with van der Waals surface area (Å²) >= 11 is 10.9. The lowest BCUT2D eigenvalue weighted by atomic mass is 10.2. The van der Waals surface area contributed by atoms with Crippen LogP contribution in [-0.2, 0) is 10.0 Å². The highest BCUT2D eigenvalue weighted by Gasteiger charge is 2.09. The van der Waals surface area contributed by atoms with Crippen LogP contribution in [0, 0.1) is 11.3 Å². The minimum Gasteiger partial charge on any atom is -0.283 e. The molecule has 0 aliphatic carbocycles. The molecule has 1 aromatic carbocycles. The van der Waals surface area contributed by atoms with Gasteiger partial charge < -0.3 is 0 Å². The molecular formula is C8H6Cl2N2O2S. The Labute approximate surface area is 97.5 Å². The zero-order chi connectivity index (χ0) is 11.5. The molecule has 15 heavy (non-hydrogen) atoms. The first kappa shape index (κ1) is 12.1. The molecule has 7 heteroatoms. The summed E-state index contributed by atoms with van der Waals surface area (Å²) in [7, 11) is -3.55. The number of nitriles is 1. The third-order valence-electron chi connectivity index (χ3n) is 1.50. The van der Waals surface area contributed by atoms with E-state index in [0.29, 0.717) is 0 Å². The number of sulfonamides is 1. The Kier molecular flexibility index (Phi) is 3.80. The van der Waals surface area contributed by atoms with Gasteiger partial charge in [0.15, 0.2) is 0 Å². The van der Waals surface area contributed by atoms with E-state index in [1.165, 1.54) is 18.2 Å². The second-order valence-electron chi connectivity index (χ2n) is 2.63. The van der Waals surface area contributed by atoms with E-state index in [1.54, 1.807) is 0 Å². The molecule has 4 nitrogen and oxygen atoms in total. The SMILES string of the molecule is N#Cc1cc(NS(=O)(=O)CCl)ccc1Cl. The van der Waals surface area contributed by atoms with Crippen LogP contribution in [0.5, 0.6) is 0 Å². The van der Waals surface area contributed by atoms with Crippen LogP contribution >= 0.6 is 23.2 Å². The highest BCUT2D eigenvalue weighted by atomic mass is 35.5. The highest BCUT2D eigenvalue weighted by Crippen LogP contribution is 2.20. The first-order valence-corrected chi connectivity index (χ1v) is 6.31. The van der Waals surface area contributed by atoms with E-state index >= 15 is 0 Å². The van der Waals surface area contributed by atoms with Crippen LogP contribution in [0.25, 0.3) is 0 Å². The number of benzene rings is 1. The minimum atomic E-state index is -3.55. The maximum Gasteiger partial charge on any atom is 0.246 e. The fourth-order valence-electron chi connectivity index (χ4n) is 0.881. The van der Waals surface area contributed by atoms with Crippen LogP contribution in [0.3, 0.4) is 0 Å². The lowest BCUT2D eigenvalue weighted by Gasteiger charge is -2.05. The third kappa shape index (κ3) is 3.27. The largest absolute Gasteiger partial charge is 0.283 e. The number of hydrogen-bond donors (Lipinski definition) is 1. The molecule has 0 atom stereocenters. The molecule has 1 rings (SSSR count). The topological polar surface area (TPSA) is 70.0 Å². The van der Waals surface area contributed by atoms with Crippen molar-refractivity contribution in [1.82, 2.24) is 0 Å². The number of hydrogen-bond acceptors (Lipinski definition) is 3.